The Balaban J connectivity index is 1.16. The van der Waals surface area contributed by atoms with Crippen LogP contribution in [0.5, 0.6) is 5.75 Å². The van der Waals surface area contributed by atoms with E-state index in [2.05, 4.69) is 11.2 Å². The van der Waals surface area contributed by atoms with Crippen LogP contribution in [0, 0.1) is 19.8 Å². The molecule has 204 valence electrons. The first kappa shape index (κ1) is 25.7. The van der Waals surface area contributed by atoms with Gasteiger partial charge in [-0.15, -0.1) is 0 Å². The molecule has 0 unspecified atom stereocenters. The molecule has 2 heterocycles. The largest absolute Gasteiger partial charge is 0.490 e. The average Bonchev–Trinajstić information content (AvgIpc) is 3.61. The van der Waals surface area contributed by atoms with Gasteiger partial charge in [0, 0.05) is 18.3 Å². The van der Waals surface area contributed by atoms with E-state index in [9.17, 15) is 14.7 Å². The van der Waals surface area contributed by atoms with Crippen molar-refractivity contribution in [1.82, 2.24) is 9.78 Å². The van der Waals surface area contributed by atoms with Crippen LogP contribution in [0.3, 0.4) is 0 Å². The zero-order chi connectivity index (χ0) is 27.8. The number of aryl methyl sites for hydroxylation is 1. The number of hydrogen-bond acceptors (Lipinski definition) is 5. The summed E-state index contributed by atoms with van der Waals surface area (Å²) in [4.78, 5) is 26.3. The summed E-state index contributed by atoms with van der Waals surface area (Å²) < 4.78 is 13.3. The second-order valence-corrected chi connectivity index (χ2v) is 10.5. The lowest BCUT2D eigenvalue weighted by atomic mass is 9.93. The third-order valence-electron chi connectivity index (χ3n) is 7.89. The third-order valence-corrected chi connectivity index (χ3v) is 7.89. The first-order valence-electron chi connectivity index (χ1n) is 13.5. The Morgan fingerprint density at radius 3 is 2.73 bits per heavy atom. The molecular weight excluding hydrogens is 506 g/mol. The van der Waals surface area contributed by atoms with Crippen molar-refractivity contribution in [3.8, 4) is 16.9 Å². The number of amides is 1. The molecule has 2 aliphatic rings. The van der Waals surface area contributed by atoms with Crippen LogP contribution in [0.2, 0.25) is 0 Å². The molecule has 8 heteroatoms. The van der Waals surface area contributed by atoms with Gasteiger partial charge in [-0.2, -0.15) is 5.10 Å². The Morgan fingerprint density at radius 2 is 1.88 bits per heavy atom. The van der Waals surface area contributed by atoms with E-state index in [0.717, 1.165) is 51.2 Å². The number of carbonyl (C=O) groups is 2. The number of carboxylic acid groups (broad SMARTS) is 1. The minimum atomic E-state index is -0.949. The summed E-state index contributed by atoms with van der Waals surface area (Å²) in [5.74, 6) is 0.689. The number of aromatic carboxylic acids is 1. The highest BCUT2D eigenvalue weighted by atomic mass is 16.6. The lowest BCUT2D eigenvalue weighted by molar-refractivity contribution is 0.0696. The molecule has 6 rings (SSSR count). The Morgan fingerprint density at radius 1 is 1.05 bits per heavy atom. The van der Waals surface area contributed by atoms with Gasteiger partial charge in [-0.3, -0.25) is 9.58 Å². The first-order valence-corrected chi connectivity index (χ1v) is 13.5. The van der Waals surface area contributed by atoms with Gasteiger partial charge in [0.2, 0.25) is 0 Å². The summed E-state index contributed by atoms with van der Waals surface area (Å²) in [5.41, 5.74) is 7.44. The second kappa shape index (κ2) is 10.5. The number of aromatic nitrogens is 2. The number of anilines is 1. The molecule has 0 saturated heterocycles. The molecule has 1 fully saturated rings. The number of nitrogens with zero attached hydrogens (tertiary/aromatic N) is 3. The van der Waals surface area contributed by atoms with E-state index in [1.807, 2.05) is 67.3 Å². The predicted octanol–water partition coefficient (Wildman–Crippen LogP) is 6.05. The van der Waals surface area contributed by atoms with Crippen LogP contribution < -0.4 is 9.64 Å². The molecule has 1 amide bonds. The van der Waals surface area contributed by atoms with Crippen LogP contribution in [-0.2, 0) is 11.3 Å². The quantitative estimate of drug-likeness (QED) is 0.275. The van der Waals surface area contributed by atoms with E-state index in [-0.39, 0.29) is 24.9 Å². The maximum absolute atomic E-state index is 13.2. The molecule has 2 atom stereocenters. The van der Waals surface area contributed by atoms with Gasteiger partial charge in [0.15, 0.2) is 0 Å². The number of carbonyl (C=O) groups excluding carboxylic acids is 1. The molecule has 0 bridgehead atoms. The molecule has 1 aromatic heterocycles. The standard InChI is InChI=1S/C32H31N3O5/c1-20-6-3-11-29(21(20)2)39-12-13-40-32(38)35-19-24-15-27(24)30-26(9-5-10-28(30)35)25-16-33-34(18-25)17-22-7-4-8-23(14-22)31(36)37/h3-11,14,16,18,24,27H,12-13,15,17,19H2,1-2H3,(H,36,37)/t24-,27-/m0/s1. The Bertz CT molecular complexity index is 1590. The Hall–Kier alpha value is -4.59. The molecule has 1 aliphatic carbocycles. The maximum Gasteiger partial charge on any atom is 0.414 e. The smallest absolute Gasteiger partial charge is 0.414 e. The van der Waals surface area contributed by atoms with E-state index in [4.69, 9.17) is 9.47 Å². The van der Waals surface area contributed by atoms with Crippen LogP contribution in [0.25, 0.3) is 11.1 Å². The molecule has 4 aromatic rings. The van der Waals surface area contributed by atoms with Gasteiger partial charge in [-0.25, -0.2) is 9.59 Å². The molecule has 1 N–H and O–H groups in total. The summed E-state index contributed by atoms with van der Waals surface area (Å²) in [7, 11) is 0. The van der Waals surface area contributed by atoms with Crippen molar-refractivity contribution in [3.63, 3.8) is 0 Å². The zero-order valence-electron chi connectivity index (χ0n) is 22.5. The summed E-state index contributed by atoms with van der Waals surface area (Å²) in [6.45, 7) is 5.63. The van der Waals surface area contributed by atoms with E-state index in [0.29, 0.717) is 24.9 Å². The number of fused-ring (bicyclic) bond motifs is 3. The molecule has 8 nitrogen and oxygen atoms in total. The normalized spacial score (nSPS) is 17.1. The van der Waals surface area contributed by atoms with Crippen molar-refractivity contribution in [3.05, 3.63) is 101 Å². The van der Waals surface area contributed by atoms with E-state index in [1.165, 1.54) is 0 Å². The van der Waals surface area contributed by atoms with Gasteiger partial charge >= 0.3 is 12.1 Å². The summed E-state index contributed by atoms with van der Waals surface area (Å²) in [6.07, 6.45) is 4.49. The highest BCUT2D eigenvalue weighted by Crippen LogP contribution is 2.57. The topological polar surface area (TPSA) is 93.9 Å². The molecule has 1 saturated carbocycles. The lowest BCUT2D eigenvalue weighted by Gasteiger charge is -2.29. The minimum absolute atomic E-state index is 0.168. The monoisotopic (exact) mass is 537 g/mol. The maximum atomic E-state index is 13.2. The highest BCUT2D eigenvalue weighted by molar-refractivity contribution is 5.92. The van der Waals surface area contributed by atoms with Crippen LogP contribution >= 0.6 is 0 Å². The minimum Gasteiger partial charge on any atom is -0.490 e. The van der Waals surface area contributed by atoms with Crippen LogP contribution in [0.1, 0.15) is 45.0 Å². The molecule has 1 aliphatic heterocycles. The van der Waals surface area contributed by atoms with Crippen molar-refractivity contribution in [1.29, 1.82) is 0 Å². The van der Waals surface area contributed by atoms with Gasteiger partial charge in [0.25, 0.3) is 0 Å². The molecule has 3 aromatic carbocycles. The van der Waals surface area contributed by atoms with Crippen molar-refractivity contribution < 1.29 is 24.2 Å². The van der Waals surface area contributed by atoms with Crippen LogP contribution in [-0.4, -0.2) is 46.7 Å². The van der Waals surface area contributed by atoms with Gasteiger partial charge in [-0.1, -0.05) is 36.4 Å². The van der Waals surface area contributed by atoms with Gasteiger partial charge in [0.1, 0.15) is 19.0 Å². The fraction of sp³-hybridized carbons (Fsp3) is 0.281. The fourth-order valence-electron chi connectivity index (χ4n) is 5.56. The number of carboxylic acids is 1. The SMILES string of the molecule is Cc1cccc(OCCOC(=O)N2C[C@@H]3C[C@@H]3c3c(-c4cnn(Cc5cccc(C(=O)O)c5)c4)cccc32)c1C. The van der Waals surface area contributed by atoms with Crippen molar-refractivity contribution in [2.24, 2.45) is 5.92 Å². The number of rotatable bonds is 8. The van der Waals surface area contributed by atoms with Crippen molar-refractivity contribution in [2.45, 2.75) is 32.7 Å². The lowest BCUT2D eigenvalue weighted by Crippen LogP contribution is -2.37. The van der Waals surface area contributed by atoms with E-state index >= 15 is 0 Å². The first-order chi connectivity index (χ1) is 19.4. The Kier molecular flexibility index (Phi) is 6.76. The van der Waals surface area contributed by atoms with Crippen LogP contribution in [0.4, 0.5) is 10.5 Å². The van der Waals surface area contributed by atoms with Gasteiger partial charge in [-0.05, 0) is 84.2 Å². The number of ether oxygens (including phenoxy) is 2. The van der Waals surface area contributed by atoms with E-state index < -0.39 is 5.97 Å². The van der Waals surface area contributed by atoms with Gasteiger partial charge < -0.3 is 14.6 Å². The molecule has 0 radical (unpaired) electrons. The summed E-state index contributed by atoms with van der Waals surface area (Å²) >= 11 is 0. The molecular formula is C32H31N3O5. The number of benzene rings is 3. The summed E-state index contributed by atoms with van der Waals surface area (Å²) in [5, 5.41) is 13.8. The zero-order valence-corrected chi connectivity index (χ0v) is 22.5. The highest BCUT2D eigenvalue weighted by Gasteiger charge is 2.48. The Labute approximate surface area is 232 Å². The molecule has 0 spiro atoms. The predicted molar refractivity (Wildman–Crippen MR) is 151 cm³/mol. The van der Waals surface area contributed by atoms with E-state index in [1.54, 1.807) is 23.1 Å². The van der Waals surface area contributed by atoms with Crippen molar-refractivity contribution >= 4 is 17.7 Å². The molecule has 40 heavy (non-hydrogen) atoms. The fourth-order valence-corrected chi connectivity index (χ4v) is 5.56. The summed E-state index contributed by atoms with van der Waals surface area (Å²) in [6, 6.07) is 18.8. The van der Waals surface area contributed by atoms with Crippen molar-refractivity contribution in [2.75, 3.05) is 24.7 Å². The average molecular weight is 538 g/mol. The second-order valence-electron chi connectivity index (χ2n) is 10.5. The third kappa shape index (κ3) is 5.04. The van der Waals surface area contributed by atoms with Gasteiger partial charge in [0.05, 0.1) is 24.0 Å². The van der Waals surface area contributed by atoms with Crippen LogP contribution in [0.15, 0.2) is 73.1 Å². The number of hydrogen-bond donors (Lipinski definition) is 1.